The fourth-order valence-corrected chi connectivity index (χ4v) is 5.22. The molecule has 0 unspecified atom stereocenters. The van der Waals surface area contributed by atoms with Crippen LogP contribution in [-0.2, 0) is 10.0 Å². The number of rotatable bonds is 6. The van der Waals surface area contributed by atoms with Crippen molar-refractivity contribution in [1.82, 2.24) is 9.62 Å². The fourth-order valence-electron chi connectivity index (χ4n) is 3.60. The maximum atomic E-state index is 13.1. The summed E-state index contributed by atoms with van der Waals surface area (Å²) in [6.07, 6.45) is 5.49. The van der Waals surface area contributed by atoms with Crippen LogP contribution in [0.4, 0.5) is 0 Å². The van der Waals surface area contributed by atoms with Gasteiger partial charge in [-0.25, -0.2) is 13.1 Å². The topological polar surface area (TPSA) is 75.7 Å². The van der Waals surface area contributed by atoms with Crippen LogP contribution in [0.2, 0.25) is 0 Å². The monoisotopic (exact) mass is 396 g/mol. The van der Waals surface area contributed by atoms with Gasteiger partial charge in [-0.2, -0.15) is 0 Å². The smallest absolute Gasteiger partial charge is 0.254 e. The summed E-state index contributed by atoms with van der Waals surface area (Å²) in [5, 5.41) is 0. The Bertz CT molecular complexity index is 763. The van der Waals surface area contributed by atoms with Crippen LogP contribution in [0.1, 0.15) is 70.2 Å². The highest BCUT2D eigenvalue weighted by molar-refractivity contribution is 7.89. The first kappa shape index (κ1) is 21.7. The molecular weight excluding hydrogens is 364 g/mol. The molecule has 0 atom stereocenters. The molecular formula is C20H32N2O4S. The van der Waals surface area contributed by atoms with Crippen molar-refractivity contribution in [2.75, 3.05) is 13.7 Å². The molecule has 0 radical (unpaired) electrons. The molecule has 152 valence electrons. The molecule has 1 fully saturated rings. The van der Waals surface area contributed by atoms with Crippen molar-refractivity contribution in [3.63, 3.8) is 0 Å². The molecule has 1 amide bonds. The maximum Gasteiger partial charge on any atom is 0.254 e. The number of nitrogens with one attached hydrogen (secondary N) is 1. The number of methoxy groups -OCH3 is 1. The Morgan fingerprint density at radius 2 is 1.85 bits per heavy atom. The first-order chi connectivity index (χ1) is 12.6. The Balaban J connectivity index is 2.39. The molecule has 0 aliphatic heterocycles. The summed E-state index contributed by atoms with van der Waals surface area (Å²) in [5.74, 6) is 0.100. The standard InChI is InChI=1S/C20H32N2O4S/c1-6-22(16-10-8-7-9-11-16)19(23)15-12-13-17(26-5)18(14-15)27(24,25)21-20(2,3)4/h12-14,16,21H,6-11H2,1-5H3. The molecule has 27 heavy (non-hydrogen) atoms. The van der Waals surface area contributed by atoms with Crippen LogP contribution < -0.4 is 9.46 Å². The minimum absolute atomic E-state index is 0.00882. The highest BCUT2D eigenvalue weighted by atomic mass is 32.2. The van der Waals surface area contributed by atoms with Gasteiger partial charge >= 0.3 is 0 Å². The van der Waals surface area contributed by atoms with Crippen LogP contribution >= 0.6 is 0 Å². The average Bonchev–Trinajstić information content (AvgIpc) is 2.60. The van der Waals surface area contributed by atoms with E-state index >= 15 is 0 Å². The Kier molecular flexibility index (Phi) is 6.92. The van der Waals surface area contributed by atoms with E-state index in [9.17, 15) is 13.2 Å². The van der Waals surface area contributed by atoms with Crippen LogP contribution in [0, 0.1) is 0 Å². The predicted octanol–water partition coefficient (Wildman–Crippen LogP) is 3.57. The number of nitrogens with zero attached hydrogens (tertiary/aromatic N) is 1. The van der Waals surface area contributed by atoms with Gasteiger partial charge in [0.1, 0.15) is 10.6 Å². The van der Waals surface area contributed by atoms with Gasteiger partial charge in [0.25, 0.3) is 5.91 Å². The zero-order valence-electron chi connectivity index (χ0n) is 17.0. The number of carbonyl (C=O) groups excluding carboxylic acids is 1. The second kappa shape index (κ2) is 8.61. The van der Waals surface area contributed by atoms with Gasteiger partial charge in [0, 0.05) is 23.7 Å². The van der Waals surface area contributed by atoms with E-state index in [0.717, 1.165) is 25.7 Å². The number of hydrogen-bond acceptors (Lipinski definition) is 4. The maximum absolute atomic E-state index is 13.1. The molecule has 1 aromatic carbocycles. The molecule has 1 aliphatic rings. The van der Waals surface area contributed by atoms with Crippen molar-refractivity contribution in [2.45, 2.75) is 76.3 Å². The molecule has 1 N–H and O–H groups in total. The van der Waals surface area contributed by atoms with E-state index in [1.807, 2.05) is 11.8 Å². The van der Waals surface area contributed by atoms with Gasteiger partial charge in [-0.15, -0.1) is 0 Å². The number of benzene rings is 1. The van der Waals surface area contributed by atoms with Gasteiger partial charge < -0.3 is 9.64 Å². The van der Waals surface area contributed by atoms with Gasteiger partial charge in [0.15, 0.2) is 0 Å². The van der Waals surface area contributed by atoms with E-state index in [4.69, 9.17) is 4.74 Å². The van der Waals surface area contributed by atoms with Crippen LogP contribution in [-0.4, -0.2) is 44.5 Å². The largest absolute Gasteiger partial charge is 0.495 e. The van der Waals surface area contributed by atoms with Crippen LogP contribution in [0.25, 0.3) is 0 Å². The molecule has 0 heterocycles. The average molecular weight is 397 g/mol. The molecule has 1 aliphatic carbocycles. The Morgan fingerprint density at radius 3 is 2.37 bits per heavy atom. The van der Waals surface area contributed by atoms with E-state index in [1.54, 1.807) is 32.9 Å². The number of ether oxygens (including phenoxy) is 1. The predicted molar refractivity (Wildman–Crippen MR) is 107 cm³/mol. The molecule has 0 spiro atoms. The third kappa shape index (κ3) is 5.45. The van der Waals surface area contributed by atoms with Gasteiger partial charge in [-0.1, -0.05) is 19.3 Å². The molecule has 1 aromatic rings. The second-order valence-corrected chi connectivity index (χ2v) is 9.75. The lowest BCUT2D eigenvalue weighted by atomic mass is 9.93. The lowest BCUT2D eigenvalue weighted by Crippen LogP contribution is -2.42. The molecule has 0 saturated heterocycles. The van der Waals surface area contributed by atoms with Crippen molar-refractivity contribution in [3.05, 3.63) is 23.8 Å². The lowest BCUT2D eigenvalue weighted by molar-refractivity contribution is 0.0647. The van der Waals surface area contributed by atoms with Crippen molar-refractivity contribution < 1.29 is 17.9 Å². The quantitative estimate of drug-likeness (QED) is 0.798. The molecule has 7 heteroatoms. The Hall–Kier alpha value is -1.60. The summed E-state index contributed by atoms with van der Waals surface area (Å²) < 4.78 is 33.5. The van der Waals surface area contributed by atoms with Crippen molar-refractivity contribution >= 4 is 15.9 Å². The van der Waals surface area contributed by atoms with E-state index in [2.05, 4.69) is 4.72 Å². The highest BCUT2D eigenvalue weighted by Gasteiger charge is 2.29. The van der Waals surface area contributed by atoms with E-state index in [0.29, 0.717) is 12.1 Å². The van der Waals surface area contributed by atoms with Crippen molar-refractivity contribution in [2.24, 2.45) is 0 Å². The van der Waals surface area contributed by atoms with Crippen LogP contribution in [0.15, 0.2) is 23.1 Å². The van der Waals surface area contributed by atoms with Crippen molar-refractivity contribution in [1.29, 1.82) is 0 Å². The first-order valence-electron chi connectivity index (χ1n) is 9.62. The van der Waals surface area contributed by atoms with E-state index in [1.165, 1.54) is 19.6 Å². The zero-order chi connectivity index (χ0) is 20.2. The molecule has 6 nitrogen and oxygen atoms in total. The summed E-state index contributed by atoms with van der Waals surface area (Å²) >= 11 is 0. The number of carbonyl (C=O) groups is 1. The van der Waals surface area contributed by atoms with Crippen molar-refractivity contribution in [3.8, 4) is 5.75 Å². The van der Waals surface area contributed by atoms with Crippen LogP contribution in [0.5, 0.6) is 5.75 Å². The van der Waals surface area contributed by atoms with Gasteiger partial charge in [-0.3, -0.25) is 4.79 Å². The minimum atomic E-state index is -3.82. The molecule has 0 aromatic heterocycles. The van der Waals surface area contributed by atoms with Gasteiger partial charge in [-0.05, 0) is 58.7 Å². The zero-order valence-corrected chi connectivity index (χ0v) is 17.9. The van der Waals surface area contributed by atoms with E-state index < -0.39 is 15.6 Å². The molecule has 2 rings (SSSR count). The van der Waals surface area contributed by atoms with Gasteiger partial charge in [0.2, 0.25) is 10.0 Å². The normalized spacial score (nSPS) is 16.2. The summed E-state index contributed by atoms with van der Waals surface area (Å²) in [7, 11) is -2.40. The summed E-state index contributed by atoms with van der Waals surface area (Å²) in [6, 6.07) is 4.86. The third-order valence-corrected chi connectivity index (χ3v) is 6.54. The van der Waals surface area contributed by atoms with Crippen LogP contribution in [0.3, 0.4) is 0 Å². The van der Waals surface area contributed by atoms with E-state index in [-0.39, 0.29) is 22.6 Å². The number of sulfonamides is 1. The fraction of sp³-hybridized carbons (Fsp3) is 0.650. The number of amides is 1. The summed E-state index contributed by atoms with van der Waals surface area (Å²) in [5.41, 5.74) is -0.265. The number of hydrogen-bond donors (Lipinski definition) is 1. The molecule has 0 bridgehead atoms. The highest BCUT2D eigenvalue weighted by Crippen LogP contribution is 2.28. The summed E-state index contributed by atoms with van der Waals surface area (Å²) in [4.78, 5) is 15.0. The SMILES string of the molecule is CCN(C(=O)c1ccc(OC)c(S(=O)(=O)NC(C)(C)C)c1)C1CCCCC1. The molecule has 1 saturated carbocycles. The van der Waals surface area contributed by atoms with Gasteiger partial charge in [0.05, 0.1) is 7.11 Å². The Labute approximate surface area is 163 Å². The third-order valence-electron chi connectivity index (χ3n) is 4.76. The second-order valence-electron chi connectivity index (χ2n) is 8.10. The lowest BCUT2D eigenvalue weighted by Gasteiger charge is -2.33. The first-order valence-corrected chi connectivity index (χ1v) is 11.1. The minimum Gasteiger partial charge on any atom is -0.495 e. The summed E-state index contributed by atoms with van der Waals surface area (Å²) in [6.45, 7) is 7.89. The Morgan fingerprint density at radius 1 is 1.22 bits per heavy atom.